The molecule has 1 aromatic heterocycles. The Labute approximate surface area is 106 Å². The van der Waals surface area contributed by atoms with Crippen molar-refractivity contribution in [3.8, 4) is 11.3 Å². The van der Waals surface area contributed by atoms with Gasteiger partial charge in [0.25, 0.3) is 0 Å². The van der Waals surface area contributed by atoms with Crippen molar-refractivity contribution < 1.29 is 4.39 Å². The summed E-state index contributed by atoms with van der Waals surface area (Å²) in [6.07, 6.45) is 0.747. The molecule has 2 aromatic rings. The van der Waals surface area contributed by atoms with Gasteiger partial charge in [-0.05, 0) is 18.6 Å². The Bertz CT molecular complexity index is 545. The molecule has 0 fully saturated rings. The number of hydrogen-bond donors (Lipinski definition) is 1. The Morgan fingerprint density at radius 3 is 2.61 bits per heavy atom. The molecule has 0 aliphatic heterocycles. The van der Waals surface area contributed by atoms with E-state index in [0.717, 1.165) is 29.3 Å². The van der Waals surface area contributed by atoms with Crippen LogP contribution < -0.4 is 5.32 Å². The zero-order chi connectivity index (χ0) is 13.1. The average Bonchev–Trinajstić information content (AvgIpc) is 2.41. The molecule has 3 nitrogen and oxygen atoms in total. The fraction of sp³-hybridized carbons (Fsp3) is 0.286. The molecule has 0 spiro atoms. The SMILES string of the molecule is CCc1nc(NC)cc(-c2ccc(C)c(F)c2)n1. The van der Waals surface area contributed by atoms with Crippen molar-refractivity contribution in [3.05, 3.63) is 41.5 Å². The van der Waals surface area contributed by atoms with Crippen molar-refractivity contribution in [3.63, 3.8) is 0 Å². The highest BCUT2D eigenvalue weighted by atomic mass is 19.1. The summed E-state index contributed by atoms with van der Waals surface area (Å²) in [7, 11) is 1.81. The average molecular weight is 245 g/mol. The third-order valence-electron chi connectivity index (χ3n) is 2.81. The summed E-state index contributed by atoms with van der Waals surface area (Å²) in [6, 6.07) is 6.97. The second kappa shape index (κ2) is 5.12. The summed E-state index contributed by atoms with van der Waals surface area (Å²) in [5.74, 6) is 1.28. The number of halogens is 1. The zero-order valence-electron chi connectivity index (χ0n) is 10.8. The van der Waals surface area contributed by atoms with Gasteiger partial charge in [0, 0.05) is 25.1 Å². The maximum atomic E-state index is 13.6. The highest BCUT2D eigenvalue weighted by Crippen LogP contribution is 2.22. The van der Waals surface area contributed by atoms with E-state index in [2.05, 4.69) is 15.3 Å². The van der Waals surface area contributed by atoms with E-state index in [1.54, 1.807) is 20.0 Å². The number of benzene rings is 1. The predicted octanol–water partition coefficient (Wildman–Crippen LogP) is 3.20. The highest BCUT2D eigenvalue weighted by molar-refractivity contribution is 5.63. The van der Waals surface area contributed by atoms with E-state index in [4.69, 9.17) is 0 Å². The minimum Gasteiger partial charge on any atom is -0.373 e. The maximum Gasteiger partial charge on any atom is 0.131 e. The van der Waals surface area contributed by atoms with Gasteiger partial charge in [0.05, 0.1) is 5.69 Å². The molecular weight excluding hydrogens is 229 g/mol. The van der Waals surface area contributed by atoms with Crippen LogP contribution in [0.2, 0.25) is 0 Å². The van der Waals surface area contributed by atoms with Gasteiger partial charge in [0.1, 0.15) is 17.5 Å². The minimum absolute atomic E-state index is 0.213. The molecule has 1 N–H and O–H groups in total. The van der Waals surface area contributed by atoms with Crippen LogP contribution in [0.5, 0.6) is 0 Å². The largest absolute Gasteiger partial charge is 0.373 e. The van der Waals surface area contributed by atoms with Crippen LogP contribution in [0, 0.1) is 12.7 Å². The molecule has 0 saturated carbocycles. The second-order valence-electron chi connectivity index (χ2n) is 4.12. The number of nitrogens with zero attached hydrogens (tertiary/aromatic N) is 2. The molecule has 0 radical (unpaired) electrons. The van der Waals surface area contributed by atoms with E-state index >= 15 is 0 Å². The van der Waals surface area contributed by atoms with Crippen LogP contribution >= 0.6 is 0 Å². The van der Waals surface area contributed by atoms with Gasteiger partial charge in [-0.25, -0.2) is 14.4 Å². The number of aromatic nitrogens is 2. The third kappa shape index (κ3) is 2.47. The van der Waals surface area contributed by atoms with Gasteiger partial charge >= 0.3 is 0 Å². The topological polar surface area (TPSA) is 37.8 Å². The number of aryl methyl sites for hydroxylation is 2. The van der Waals surface area contributed by atoms with E-state index in [1.807, 2.05) is 19.1 Å². The quantitative estimate of drug-likeness (QED) is 0.902. The molecule has 0 aliphatic rings. The molecule has 0 saturated heterocycles. The van der Waals surface area contributed by atoms with Crippen molar-refractivity contribution >= 4 is 5.82 Å². The lowest BCUT2D eigenvalue weighted by Crippen LogP contribution is -2.01. The van der Waals surface area contributed by atoms with Crippen LogP contribution in [0.3, 0.4) is 0 Å². The normalized spacial score (nSPS) is 10.4. The minimum atomic E-state index is -0.213. The summed E-state index contributed by atoms with van der Waals surface area (Å²) in [4.78, 5) is 8.74. The first-order valence-electron chi connectivity index (χ1n) is 5.96. The molecule has 1 heterocycles. The van der Waals surface area contributed by atoms with Crippen LogP contribution in [0.25, 0.3) is 11.3 Å². The summed E-state index contributed by atoms with van der Waals surface area (Å²) in [6.45, 7) is 3.74. The van der Waals surface area contributed by atoms with Crippen LogP contribution in [0.1, 0.15) is 18.3 Å². The maximum absolute atomic E-state index is 13.6. The molecule has 1 aromatic carbocycles. The first kappa shape index (κ1) is 12.5. The van der Waals surface area contributed by atoms with Gasteiger partial charge in [-0.3, -0.25) is 0 Å². The molecule has 0 amide bonds. The molecule has 2 rings (SSSR count). The van der Waals surface area contributed by atoms with Gasteiger partial charge in [0.15, 0.2) is 0 Å². The van der Waals surface area contributed by atoms with Gasteiger partial charge in [-0.2, -0.15) is 0 Å². The summed E-state index contributed by atoms with van der Waals surface area (Å²) in [5, 5.41) is 2.99. The molecule has 4 heteroatoms. The number of rotatable bonds is 3. The van der Waals surface area contributed by atoms with Gasteiger partial charge in [-0.1, -0.05) is 19.1 Å². The lowest BCUT2D eigenvalue weighted by molar-refractivity contribution is 0.619. The molecule has 0 bridgehead atoms. The smallest absolute Gasteiger partial charge is 0.131 e. The van der Waals surface area contributed by atoms with Crippen molar-refractivity contribution in [1.29, 1.82) is 0 Å². The van der Waals surface area contributed by atoms with E-state index < -0.39 is 0 Å². The van der Waals surface area contributed by atoms with E-state index in [-0.39, 0.29) is 5.82 Å². The van der Waals surface area contributed by atoms with E-state index in [1.165, 1.54) is 6.07 Å². The number of nitrogens with one attached hydrogen (secondary N) is 1. The standard InChI is InChI=1S/C14H16FN3/c1-4-13-17-12(8-14(16-3)18-13)10-6-5-9(2)11(15)7-10/h5-8H,4H2,1-3H3,(H,16,17,18). The molecule has 0 unspecified atom stereocenters. The lowest BCUT2D eigenvalue weighted by Gasteiger charge is -2.07. The fourth-order valence-electron chi connectivity index (χ4n) is 1.68. The van der Waals surface area contributed by atoms with Crippen molar-refractivity contribution in [2.45, 2.75) is 20.3 Å². The van der Waals surface area contributed by atoms with Crippen molar-refractivity contribution in [2.24, 2.45) is 0 Å². The predicted molar refractivity (Wildman–Crippen MR) is 71.1 cm³/mol. The monoisotopic (exact) mass is 245 g/mol. The van der Waals surface area contributed by atoms with Gasteiger partial charge in [0.2, 0.25) is 0 Å². The van der Waals surface area contributed by atoms with Crippen LogP contribution in [0.4, 0.5) is 10.2 Å². The molecule has 0 aliphatic carbocycles. The second-order valence-corrected chi connectivity index (χ2v) is 4.12. The van der Waals surface area contributed by atoms with Gasteiger partial charge < -0.3 is 5.32 Å². The van der Waals surface area contributed by atoms with Crippen LogP contribution in [-0.4, -0.2) is 17.0 Å². The Morgan fingerprint density at radius 1 is 1.22 bits per heavy atom. The fourth-order valence-corrected chi connectivity index (χ4v) is 1.68. The first-order valence-corrected chi connectivity index (χ1v) is 5.96. The Morgan fingerprint density at radius 2 is 2.00 bits per heavy atom. The molecule has 0 atom stereocenters. The van der Waals surface area contributed by atoms with E-state index in [0.29, 0.717) is 5.56 Å². The Hall–Kier alpha value is -1.97. The first-order chi connectivity index (χ1) is 8.63. The number of anilines is 1. The molecule has 94 valence electrons. The van der Waals surface area contributed by atoms with Crippen molar-refractivity contribution in [1.82, 2.24) is 9.97 Å². The third-order valence-corrected chi connectivity index (χ3v) is 2.81. The number of hydrogen-bond acceptors (Lipinski definition) is 3. The van der Waals surface area contributed by atoms with Gasteiger partial charge in [-0.15, -0.1) is 0 Å². The van der Waals surface area contributed by atoms with Crippen molar-refractivity contribution in [2.75, 3.05) is 12.4 Å². The highest BCUT2D eigenvalue weighted by Gasteiger charge is 2.07. The van der Waals surface area contributed by atoms with Crippen LogP contribution in [-0.2, 0) is 6.42 Å². The Kier molecular flexibility index (Phi) is 3.55. The van der Waals surface area contributed by atoms with Crippen LogP contribution in [0.15, 0.2) is 24.3 Å². The molecular formula is C14H16FN3. The Balaban J connectivity index is 2.51. The molecule has 18 heavy (non-hydrogen) atoms. The van der Waals surface area contributed by atoms with E-state index in [9.17, 15) is 4.39 Å². The summed E-state index contributed by atoms with van der Waals surface area (Å²) < 4.78 is 13.6. The zero-order valence-corrected chi connectivity index (χ0v) is 10.8. The summed E-state index contributed by atoms with van der Waals surface area (Å²) in [5.41, 5.74) is 2.15. The lowest BCUT2D eigenvalue weighted by atomic mass is 10.1. The summed E-state index contributed by atoms with van der Waals surface area (Å²) >= 11 is 0.